The summed E-state index contributed by atoms with van der Waals surface area (Å²) in [5, 5.41) is 0. The lowest BCUT2D eigenvalue weighted by Crippen LogP contribution is -2.39. The van der Waals surface area contributed by atoms with Crippen LogP contribution in [0.2, 0.25) is 0 Å². The van der Waals surface area contributed by atoms with E-state index < -0.39 is 0 Å². The monoisotopic (exact) mass is 414 g/mol. The van der Waals surface area contributed by atoms with Crippen LogP contribution in [0.4, 0.5) is 0 Å². The Hall–Kier alpha value is -3.87. The average molecular weight is 414 g/mol. The van der Waals surface area contributed by atoms with E-state index in [1.54, 1.807) is 7.05 Å². The molecule has 5 rings (SSSR count). The van der Waals surface area contributed by atoms with Gasteiger partial charge in [0.1, 0.15) is 17.6 Å². The van der Waals surface area contributed by atoms with E-state index in [4.69, 9.17) is 0 Å². The summed E-state index contributed by atoms with van der Waals surface area (Å²) in [5.74, 6) is 0.715. The molecule has 0 saturated heterocycles. The van der Waals surface area contributed by atoms with Crippen molar-refractivity contribution < 1.29 is 4.40 Å². The van der Waals surface area contributed by atoms with Gasteiger partial charge >= 0.3 is 11.5 Å². The Kier molecular flexibility index (Phi) is 4.22. The molecule has 0 radical (unpaired) electrons. The average Bonchev–Trinajstić information content (AvgIpc) is 3.33. The molecular weight excluding hydrogens is 390 g/mol. The van der Waals surface area contributed by atoms with Crippen LogP contribution >= 0.6 is 0 Å². The molecule has 5 aromatic rings. The second kappa shape index (κ2) is 6.84. The van der Waals surface area contributed by atoms with Crippen molar-refractivity contribution in [1.29, 1.82) is 0 Å². The number of hydrogen-bond donors (Lipinski definition) is 1. The molecule has 0 unspecified atom stereocenters. The molecule has 3 aromatic heterocycles. The summed E-state index contributed by atoms with van der Waals surface area (Å²) in [4.78, 5) is 28.8. The fraction of sp³-hybridized carbons (Fsp3) is 0.208. The quantitative estimate of drug-likeness (QED) is 0.461. The number of rotatable bonds is 3. The van der Waals surface area contributed by atoms with Crippen LogP contribution in [0.25, 0.3) is 33.9 Å². The Bertz CT molecular complexity index is 1560. The van der Waals surface area contributed by atoms with Crippen LogP contribution in [0.1, 0.15) is 18.1 Å². The number of fused-ring (bicyclic) bond motifs is 3. The van der Waals surface area contributed by atoms with E-state index in [1.807, 2.05) is 10.6 Å². The minimum absolute atomic E-state index is 0.330. The van der Waals surface area contributed by atoms with E-state index in [1.165, 1.54) is 22.7 Å². The predicted octanol–water partition coefficient (Wildman–Crippen LogP) is 2.63. The molecule has 2 aromatic carbocycles. The van der Waals surface area contributed by atoms with Gasteiger partial charge < -0.3 is 0 Å². The summed E-state index contributed by atoms with van der Waals surface area (Å²) in [6, 6.07) is 16.7. The highest BCUT2D eigenvalue weighted by molar-refractivity contribution is 5.72. The molecule has 0 aliphatic carbocycles. The highest BCUT2D eigenvalue weighted by Gasteiger charge is 2.27. The normalized spacial score (nSPS) is 11.6. The zero-order valence-corrected chi connectivity index (χ0v) is 18.0. The van der Waals surface area contributed by atoms with Gasteiger partial charge in [0.15, 0.2) is 0 Å². The molecule has 0 spiro atoms. The Morgan fingerprint density at radius 2 is 1.61 bits per heavy atom. The molecule has 0 bridgehead atoms. The number of benzene rings is 2. The number of imidazole rings is 2. The lowest BCUT2D eigenvalue weighted by Gasteiger charge is -2.05. The van der Waals surface area contributed by atoms with Crippen molar-refractivity contribution in [1.82, 2.24) is 18.7 Å². The fourth-order valence-corrected chi connectivity index (χ4v) is 4.11. The van der Waals surface area contributed by atoms with Crippen LogP contribution in [-0.4, -0.2) is 18.7 Å². The van der Waals surface area contributed by atoms with Crippen molar-refractivity contribution in [3.63, 3.8) is 0 Å². The molecule has 1 N–H and O–H groups in total. The van der Waals surface area contributed by atoms with E-state index in [0.717, 1.165) is 27.9 Å². The number of aromatic amines is 1. The molecule has 0 atom stereocenters. The topological polar surface area (TPSA) is 68.8 Å². The largest absolute Gasteiger partial charge is 0.374 e. The summed E-state index contributed by atoms with van der Waals surface area (Å²) in [5.41, 5.74) is 5.65. The number of H-pyrrole nitrogens is 1. The number of hydrogen-bond acceptors (Lipinski definition) is 2. The summed E-state index contributed by atoms with van der Waals surface area (Å²) in [6.07, 6.45) is 2.93. The molecule has 3 heterocycles. The predicted molar refractivity (Wildman–Crippen MR) is 121 cm³/mol. The maximum Gasteiger partial charge on any atom is 0.374 e. The molecule has 156 valence electrons. The van der Waals surface area contributed by atoms with Crippen molar-refractivity contribution in [2.24, 2.45) is 14.1 Å². The molecule has 7 heteroatoms. The first-order valence-corrected chi connectivity index (χ1v) is 10.3. The first-order chi connectivity index (χ1) is 14.9. The molecule has 0 fully saturated rings. The molecule has 0 aliphatic heterocycles. The zero-order valence-electron chi connectivity index (χ0n) is 18.0. The minimum atomic E-state index is -0.362. The first kappa shape index (κ1) is 19.1. The van der Waals surface area contributed by atoms with E-state index in [9.17, 15) is 9.59 Å². The SMILES string of the molecule is CCc1ccc(-c2c[n+]3c4c(=O)n(C)c(=O)n(C)c4[nH]c3n2-c2ccc(C)cc2)cc1. The van der Waals surface area contributed by atoms with E-state index in [2.05, 4.69) is 71.9 Å². The number of aromatic nitrogens is 5. The molecule has 0 aliphatic rings. The fourth-order valence-electron chi connectivity index (χ4n) is 4.11. The van der Waals surface area contributed by atoms with Gasteiger partial charge in [0, 0.05) is 19.7 Å². The lowest BCUT2D eigenvalue weighted by molar-refractivity contribution is -0.479. The van der Waals surface area contributed by atoms with Gasteiger partial charge in [-0.15, -0.1) is 0 Å². The van der Waals surface area contributed by atoms with Gasteiger partial charge in [0.25, 0.3) is 5.56 Å². The van der Waals surface area contributed by atoms with Crippen molar-refractivity contribution in [2.75, 3.05) is 0 Å². The second-order valence-electron chi connectivity index (χ2n) is 7.96. The van der Waals surface area contributed by atoms with Crippen molar-refractivity contribution in [3.8, 4) is 16.9 Å². The summed E-state index contributed by atoms with van der Waals surface area (Å²) in [6.45, 7) is 4.19. The third-order valence-electron chi connectivity index (χ3n) is 5.99. The van der Waals surface area contributed by atoms with Gasteiger partial charge in [-0.05, 0) is 31.0 Å². The number of nitrogens with one attached hydrogen (secondary N) is 1. The minimum Gasteiger partial charge on any atom is -0.267 e. The Morgan fingerprint density at radius 3 is 2.26 bits per heavy atom. The third-order valence-corrected chi connectivity index (χ3v) is 5.99. The van der Waals surface area contributed by atoms with Gasteiger partial charge in [-0.25, -0.2) is 9.78 Å². The van der Waals surface area contributed by atoms with Crippen LogP contribution in [0.5, 0.6) is 0 Å². The van der Waals surface area contributed by atoms with Gasteiger partial charge in [0.05, 0.1) is 0 Å². The Morgan fingerprint density at radius 1 is 0.935 bits per heavy atom. The maximum absolute atomic E-state index is 13.0. The van der Waals surface area contributed by atoms with Gasteiger partial charge in [0.2, 0.25) is 11.2 Å². The van der Waals surface area contributed by atoms with Crippen LogP contribution in [0.15, 0.2) is 64.3 Å². The maximum atomic E-state index is 13.0. The van der Waals surface area contributed by atoms with E-state index in [0.29, 0.717) is 16.9 Å². The molecule has 0 saturated carbocycles. The van der Waals surface area contributed by atoms with Crippen molar-refractivity contribution in [2.45, 2.75) is 20.3 Å². The molecular formula is C24H24N5O2+. The molecule has 31 heavy (non-hydrogen) atoms. The lowest BCUT2D eigenvalue weighted by atomic mass is 10.1. The smallest absolute Gasteiger partial charge is 0.267 e. The van der Waals surface area contributed by atoms with E-state index >= 15 is 0 Å². The zero-order chi connectivity index (χ0) is 21.9. The Balaban J connectivity index is 1.92. The van der Waals surface area contributed by atoms with Crippen molar-refractivity contribution >= 4 is 16.9 Å². The standard InChI is InChI=1S/C24H23N5O2/c1-5-16-8-10-17(11-9-16)19-14-28-20-21(26(3)24(31)27(4)22(20)30)25-23(28)29(19)18-12-6-15(2)7-13-18/h6-14H,5H2,1-4H3/p+1. The van der Waals surface area contributed by atoms with Crippen molar-refractivity contribution in [3.05, 3.63) is 86.7 Å². The third kappa shape index (κ3) is 2.77. The molecule has 0 amide bonds. The second-order valence-corrected chi connectivity index (χ2v) is 7.96. The molecule has 7 nitrogen and oxygen atoms in total. The summed E-state index contributed by atoms with van der Waals surface area (Å²) >= 11 is 0. The number of nitrogens with zero attached hydrogens (tertiary/aromatic N) is 4. The highest BCUT2D eigenvalue weighted by Crippen LogP contribution is 2.26. The number of aryl methyl sites for hydroxylation is 3. The highest BCUT2D eigenvalue weighted by atomic mass is 16.2. The van der Waals surface area contributed by atoms with Crippen LogP contribution in [0, 0.1) is 6.92 Å². The Labute approximate surface area is 178 Å². The summed E-state index contributed by atoms with van der Waals surface area (Å²) in [7, 11) is 3.17. The van der Waals surface area contributed by atoms with Gasteiger partial charge in [-0.2, -0.15) is 8.97 Å². The first-order valence-electron chi connectivity index (χ1n) is 10.3. The van der Waals surface area contributed by atoms with Crippen LogP contribution < -0.4 is 15.6 Å². The van der Waals surface area contributed by atoms with E-state index in [-0.39, 0.29) is 11.2 Å². The van der Waals surface area contributed by atoms with Gasteiger partial charge in [-0.1, -0.05) is 48.9 Å². The van der Waals surface area contributed by atoms with Crippen LogP contribution in [0.3, 0.4) is 0 Å². The summed E-state index contributed by atoms with van der Waals surface area (Å²) < 4.78 is 6.55. The van der Waals surface area contributed by atoms with Crippen LogP contribution in [-0.2, 0) is 20.5 Å². The van der Waals surface area contributed by atoms with Gasteiger partial charge in [-0.3, -0.25) is 13.9 Å².